The first-order valence-corrected chi connectivity index (χ1v) is 6.36. The Morgan fingerprint density at radius 1 is 1.50 bits per heavy atom. The van der Waals surface area contributed by atoms with Gasteiger partial charge in [-0.1, -0.05) is 11.3 Å². The van der Waals surface area contributed by atoms with Gasteiger partial charge in [0.15, 0.2) is 4.34 Å². The maximum Gasteiger partial charge on any atom is 0.286 e. The Bertz CT molecular complexity index is 590. The summed E-state index contributed by atoms with van der Waals surface area (Å²) in [5.41, 5.74) is -0.277. The van der Waals surface area contributed by atoms with Gasteiger partial charge >= 0.3 is 0 Å². The number of nitrogens with one attached hydrogen (secondary N) is 1. The predicted octanol–water partition coefficient (Wildman–Crippen LogP) is 2.78. The average molecular weight is 286 g/mol. The third kappa shape index (κ3) is 2.74. The number of hydrogen-bond acceptors (Lipinski definition) is 7. The summed E-state index contributed by atoms with van der Waals surface area (Å²) in [5, 5.41) is 21.9. The van der Waals surface area contributed by atoms with Crippen LogP contribution in [0.1, 0.15) is 0 Å². The summed E-state index contributed by atoms with van der Waals surface area (Å²) in [6.07, 6.45) is 0. The van der Waals surface area contributed by atoms with Crippen molar-refractivity contribution in [2.24, 2.45) is 0 Å². The van der Waals surface area contributed by atoms with Crippen molar-refractivity contribution in [1.82, 2.24) is 10.2 Å². The van der Waals surface area contributed by atoms with Gasteiger partial charge in [-0.05, 0) is 23.9 Å². The summed E-state index contributed by atoms with van der Waals surface area (Å²) in [6, 6.07) is 3.43. The second-order valence-corrected chi connectivity index (χ2v) is 5.36. The molecule has 9 heteroatoms. The molecular formula is C9H7FN4O2S2. The maximum absolute atomic E-state index is 13.0. The molecule has 18 heavy (non-hydrogen) atoms. The van der Waals surface area contributed by atoms with Crippen molar-refractivity contribution in [3.63, 3.8) is 0 Å². The van der Waals surface area contributed by atoms with Crippen molar-refractivity contribution in [2.45, 2.75) is 9.24 Å². The van der Waals surface area contributed by atoms with Crippen molar-refractivity contribution >= 4 is 33.9 Å². The number of halogens is 1. The molecule has 2 aromatic rings. The molecule has 0 bridgehead atoms. The smallest absolute Gasteiger partial charge is 0.286 e. The van der Waals surface area contributed by atoms with Gasteiger partial charge in [0.25, 0.3) is 5.69 Å². The highest BCUT2D eigenvalue weighted by Gasteiger charge is 2.17. The van der Waals surface area contributed by atoms with E-state index in [9.17, 15) is 14.5 Å². The Hall–Kier alpha value is -1.74. The fourth-order valence-corrected chi connectivity index (χ4v) is 2.91. The summed E-state index contributed by atoms with van der Waals surface area (Å²) in [5.74, 6) is -0.640. The fraction of sp³-hybridized carbons (Fsp3) is 0.111. The molecule has 0 radical (unpaired) electrons. The largest absolute Gasteiger partial charge is 0.363 e. The minimum Gasteiger partial charge on any atom is -0.363 e. The van der Waals surface area contributed by atoms with Gasteiger partial charge in [0.2, 0.25) is 5.13 Å². The molecule has 0 aliphatic rings. The lowest BCUT2D eigenvalue weighted by Crippen LogP contribution is -1.91. The number of aromatic nitrogens is 2. The lowest BCUT2D eigenvalue weighted by atomic mass is 10.3. The molecule has 1 aromatic heterocycles. The maximum atomic E-state index is 13.0. The quantitative estimate of drug-likeness (QED) is 0.687. The van der Waals surface area contributed by atoms with Crippen LogP contribution in [0, 0.1) is 15.9 Å². The first-order chi connectivity index (χ1) is 8.60. The van der Waals surface area contributed by atoms with E-state index < -0.39 is 10.7 Å². The Morgan fingerprint density at radius 2 is 2.28 bits per heavy atom. The molecule has 0 unspecified atom stereocenters. The van der Waals surface area contributed by atoms with Crippen molar-refractivity contribution in [3.8, 4) is 0 Å². The normalized spacial score (nSPS) is 10.3. The zero-order valence-electron chi connectivity index (χ0n) is 9.08. The summed E-state index contributed by atoms with van der Waals surface area (Å²) in [4.78, 5) is 10.5. The molecule has 0 aliphatic heterocycles. The molecule has 1 heterocycles. The van der Waals surface area contributed by atoms with E-state index in [2.05, 4.69) is 15.5 Å². The van der Waals surface area contributed by atoms with Crippen molar-refractivity contribution in [3.05, 3.63) is 34.1 Å². The van der Waals surface area contributed by atoms with E-state index >= 15 is 0 Å². The van der Waals surface area contributed by atoms with Crippen LogP contribution in [0.4, 0.5) is 15.2 Å². The molecule has 0 spiro atoms. The summed E-state index contributed by atoms with van der Waals surface area (Å²) >= 11 is 2.35. The van der Waals surface area contributed by atoms with Gasteiger partial charge in [0.05, 0.1) is 15.9 Å². The van der Waals surface area contributed by atoms with Crippen LogP contribution >= 0.6 is 23.1 Å². The van der Waals surface area contributed by atoms with Gasteiger partial charge in [-0.15, -0.1) is 10.2 Å². The van der Waals surface area contributed by atoms with E-state index in [1.165, 1.54) is 23.5 Å². The molecule has 0 saturated carbocycles. The number of nitro groups is 1. The van der Waals surface area contributed by atoms with E-state index in [1.54, 1.807) is 7.05 Å². The van der Waals surface area contributed by atoms with Crippen LogP contribution in [0.15, 0.2) is 27.4 Å². The van der Waals surface area contributed by atoms with Gasteiger partial charge < -0.3 is 5.32 Å². The van der Waals surface area contributed by atoms with Gasteiger partial charge in [0, 0.05) is 7.05 Å². The monoisotopic (exact) mass is 286 g/mol. The van der Waals surface area contributed by atoms with Gasteiger partial charge in [-0.25, -0.2) is 4.39 Å². The highest BCUT2D eigenvalue weighted by molar-refractivity contribution is 8.01. The second-order valence-electron chi connectivity index (χ2n) is 3.09. The van der Waals surface area contributed by atoms with Gasteiger partial charge in [-0.3, -0.25) is 10.1 Å². The SMILES string of the molecule is CNc1nnc(Sc2ccc(F)cc2[N+](=O)[O-])s1. The topological polar surface area (TPSA) is 81.0 Å². The zero-order chi connectivity index (χ0) is 13.1. The van der Waals surface area contributed by atoms with Crippen molar-refractivity contribution < 1.29 is 9.31 Å². The predicted molar refractivity (Wildman–Crippen MR) is 66.6 cm³/mol. The standard InChI is InChI=1S/C9H7FN4O2S2/c1-11-8-12-13-9(18-8)17-7-3-2-5(10)4-6(7)14(15)16/h2-4H,1H3,(H,11,12). The molecular weight excluding hydrogens is 279 g/mol. The molecule has 6 nitrogen and oxygen atoms in total. The molecule has 0 amide bonds. The van der Waals surface area contributed by atoms with Crippen LogP contribution in [0.3, 0.4) is 0 Å². The van der Waals surface area contributed by atoms with Crippen LogP contribution in [0.2, 0.25) is 0 Å². The zero-order valence-corrected chi connectivity index (χ0v) is 10.7. The Balaban J connectivity index is 2.30. The average Bonchev–Trinajstić information content (AvgIpc) is 2.79. The molecule has 0 aliphatic carbocycles. The van der Waals surface area contributed by atoms with Crippen LogP contribution in [0.5, 0.6) is 0 Å². The Morgan fingerprint density at radius 3 is 2.89 bits per heavy atom. The van der Waals surface area contributed by atoms with Crippen molar-refractivity contribution in [2.75, 3.05) is 12.4 Å². The van der Waals surface area contributed by atoms with E-state index in [0.717, 1.165) is 17.8 Å². The van der Waals surface area contributed by atoms with Crippen LogP contribution in [-0.4, -0.2) is 22.2 Å². The van der Waals surface area contributed by atoms with Crippen LogP contribution in [-0.2, 0) is 0 Å². The molecule has 2 rings (SSSR count). The highest BCUT2D eigenvalue weighted by Crippen LogP contribution is 2.37. The number of nitro benzene ring substituents is 1. The summed E-state index contributed by atoms with van der Waals surface area (Å²) in [7, 11) is 1.70. The van der Waals surface area contributed by atoms with Crippen LogP contribution in [0.25, 0.3) is 0 Å². The molecule has 1 aromatic carbocycles. The molecule has 0 fully saturated rings. The first-order valence-electron chi connectivity index (χ1n) is 4.73. The Kier molecular flexibility index (Phi) is 3.72. The van der Waals surface area contributed by atoms with E-state index in [0.29, 0.717) is 14.4 Å². The number of hydrogen-bond donors (Lipinski definition) is 1. The fourth-order valence-electron chi connectivity index (χ4n) is 1.17. The third-order valence-electron chi connectivity index (χ3n) is 1.94. The van der Waals surface area contributed by atoms with Crippen LogP contribution < -0.4 is 5.32 Å². The summed E-state index contributed by atoms with van der Waals surface area (Å²) < 4.78 is 13.5. The molecule has 1 N–H and O–H groups in total. The lowest BCUT2D eigenvalue weighted by Gasteiger charge is -1.99. The minimum atomic E-state index is -0.640. The number of benzene rings is 1. The van der Waals surface area contributed by atoms with Gasteiger partial charge in [-0.2, -0.15) is 0 Å². The molecule has 0 atom stereocenters. The number of anilines is 1. The number of nitrogens with zero attached hydrogens (tertiary/aromatic N) is 3. The molecule has 94 valence electrons. The molecule has 0 saturated heterocycles. The van der Waals surface area contributed by atoms with E-state index in [4.69, 9.17) is 0 Å². The Labute approximate surface area is 109 Å². The second kappa shape index (κ2) is 5.27. The third-order valence-corrected chi connectivity index (χ3v) is 3.99. The number of rotatable bonds is 4. The van der Waals surface area contributed by atoms with Crippen molar-refractivity contribution in [1.29, 1.82) is 0 Å². The van der Waals surface area contributed by atoms with Gasteiger partial charge in [0.1, 0.15) is 5.82 Å². The van der Waals surface area contributed by atoms with E-state index in [1.807, 2.05) is 0 Å². The lowest BCUT2D eigenvalue weighted by molar-refractivity contribution is -0.387. The summed E-state index contributed by atoms with van der Waals surface area (Å²) in [6.45, 7) is 0. The first kappa shape index (κ1) is 12.7. The highest BCUT2D eigenvalue weighted by atomic mass is 32.2. The van der Waals surface area contributed by atoms with E-state index in [-0.39, 0.29) is 5.69 Å². The minimum absolute atomic E-state index is 0.277.